The number of hydrogen-bond acceptors (Lipinski definition) is 10. The minimum Gasteiger partial charge on any atom is -0.379 e. The second kappa shape index (κ2) is 14.3. The van der Waals surface area contributed by atoms with Gasteiger partial charge in [-0.1, -0.05) is 6.07 Å². The van der Waals surface area contributed by atoms with E-state index in [-0.39, 0.29) is 37.3 Å². The van der Waals surface area contributed by atoms with Crippen LogP contribution in [0.15, 0.2) is 18.2 Å². The molecule has 2 aliphatic rings. The standard InChI is InChI=1S/C24H37N5O7/c1-26-18(14-35-9-7-25)15-36-11-10-34-8-6-22(31)27-17-2-3-19-16(12-17)13-29(24(19)33)20-4-5-21(30)28-23(20)32/h2-3,12,18,20,24,26,33H,4-11,13-15,25H2,1H3,(H,27,31)(H,28,30,32). The molecule has 2 heterocycles. The van der Waals surface area contributed by atoms with Gasteiger partial charge in [-0.25, -0.2) is 0 Å². The van der Waals surface area contributed by atoms with Crippen molar-refractivity contribution in [3.05, 3.63) is 29.3 Å². The number of rotatable bonds is 15. The smallest absolute Gasteiger partial charge is 0.244 e. The molecule has 1 saturated heterocycles. The Labute approximate surface area is 210 Å². The number of carbonyl (C=O) groups excluding carboxylic acids is 3. The van der Waals surface area contributed by atoms with Crippen molar-refractivity contribution in [1.29, 1.82) is 0 Å². The third-order valence-electron chi connectivity index (χ3n) is 6.14. The van der Waals surface area contributed by atoms with Crippen LogP contribution in [0.4, 0.5) is 5.69 Å². The van der Waals surface area contributed by atoms with Crippen LogP contribution < -0.4 is 21.7 Å². The van der Waals surface area contributed by atoms with E-state index in [1.54, 1.807) is 23.1 Å². The molecular weight excluding hydrogens is 470 g/mol. The van der Waals surface area contributed by atoms with Crippen LogP contribution in [0.2, 0.25) is 0 Å². The summed E-state index contributed by atoms with van der Waals surface area (Å²) in [4.78, 5) is 37.6. The molecule has 0 aromatic heterocycles. The molecule has 0 spiro atoms. The number of piperidine rings is 1. The highest BCUT2D eigenvalue weighted by molar-refractivity contribution is 6.00. The number of carbonyl (C=O) groups is 3. The SMILES string of the molecule is CNC(COCCN)COCCOCCC(=O)Nc1ccc2c(c1)CN(C1CCC(=O)NC1=O)C2O. The molecule has 200 valence electrons. The van der Waals surface area contributed by atoms with E-state index >= 15 is 0 Å². The molecule has 12 nitrogen and oxygen atoms in total. The number of aliphatic hydroxyl groups is 1. The van der Waals surface area contributed by atoms with Crippen molar-refractivity contribution in [2.45, 2.75) is 44.1 Å². The first-order valence-electron chi connectivity index (χ1n) is 12.2. The molecule has 3 amide bonds. The van der Waals surface area contributed by atoms with Crippen LogP contribution in [0.3, 0.4) is 0 Å². The molecule has 3 rings (SSSR count). The molecule has 3 unspecified atom stereocenters. The topological polar surface area (TPSA) is 164 Å². The number of benzene rings is 1. The summed E-state index contributed by atoms with van der Waals surface area (Å²) >= 11 is 0. The molecule has 0 aliphatic carbocycles. The van der Waals surface area contributed by atoms with Gasteiger partial charge in [0.05, 0.1) is 58.1 Å². The average Bonchev–Trinajstić information content (AvgIpc) is 3.17. The van der Waals surface area contributed by atoms with Crippen molar-refractivity contribution >= 4 is 23.4 Å². The first-order valence-corrected chi connectivity index (χ1v) is 12.2. The second-order valence-electron chi connectivity index (χ2n) is 8.76. The summed E-state index contributed by atoms with van der Waals surface area (Å²) in [5, 5.41) is 19.0. The average molecular weight is 508 g/mol. The van der Waals surface area contributed by atoms with Crippen LogP contribution in [0, 0.1) is 0 Å². The molecule has 2 aliphatic heterocycles. The van der Waals surface area contributed by atoms with Gasteiger partial charge in [-0.2, -0.15) is 0 Å². The molecule has 1 aromatic carbocycles. The van der Waals surface area contributed by atoms with Gasteiger partial charge in [-0.05, 0) is 31.2 Å². The molecule has 3 atom stereocenters. The van der Waals surface area contributed by atoms with Crippen LogP contribution in [-0.2, 0) is 35.1 Å². The second-order valence-corrected chi connectivity index (χ2v) is 8.76. The highest BCUT2D eigenvalue weighted by atomic mass is 16.5. The maximum Gasteiger partial charge on any atom is 0.244 e. The van der Waals surface area contributed by atoms with Crippen molar-refractivity contribution in [3.8, 4) is 0 Å². The maximum absolute atomic E-state index is 12.3. The lowest BCUT2D eigenvalue weighted by Gasteiger charge is -2.31. The third-order valence-corrected chi connectivity index (χ3v) is 6.14. The lowest BCUT2D eigenvalue weighted by molar-refractivity contribution is -0.141. The predicted octanol–water partition coefficient (Wildman–Crippen LogP) is -0.777. The number of nitrogens with zero attached hydrogens (tertiary/aromatic N) is 1. The number of hydrogen-bond donors (Lipinski definition) is 5. The zero-order chi connectivity index (χ0) is 25.9. The van der Waals surface area contributed by atoms with Crippen molar-refractivity contribution in [2.75, 3.05) is 58.6 Å². The van der Waals surface area contributed by atoms with Crippen LogP contribution in [0.1, 0.15) is 36.6 Å². The number of nitrogens with one attached hydrogen (secondary N) is 3. The molecule has 0 bridgehead atoms. The van der Waals surface area contributed by atoms with E-state index in [0.717, 1.165) is 5.56 Å². The number of nitrogens with two attached hydrogens (primary N) is 1. The van der Waals surface area contributed by atoms with Crippen molar-refractivity contribution in [3.63, 3.8) is 0 Å². The van der Waals surface area contributed by atoms with Gasteiger partial charge in [-0.3, -0.25) is 24.6 Å². The van der Waals surface area contributed by atoms with E-state index in [1.807, 2.05) is 7.05 Å². The van der Waals surface area contributed by atoms with Gasteiger partial charge >= 0.3 is 0 Å². The van der Waals surface area contributed by atoms with Crippen LogP contribution in [-0.4, -0.2) is 93.0 Å². The monoisotopic (exact) mass is 507 g/mol. The minimum absolute atomic E-state index is 0.0758. The van der Waals surface area contributed by atoms with Gasteiger partial charge in [0, 0.05) is 30.8 Å². The van der Waals surface area contributed by atoms with Crippen molar-refractivity contribution in [1.82, 2.24) is 15.5 Å². The molecule has 6 N–H and O–H groups in total. The third kappa shape index (κ3) is 8.03. The zero-order valence-electron chi connectivity index (χ0n) is 20.7. The van der Waals surface area contributed by atoms with Gasteiger partial charge in [0.25, 0.3) is 0 Å². The van der Waals surface area contributed by atoms with Gasteiger partial charge in [0.2, 0.25) is 17.7 Å². The Kier molecular flexibility index (Phi) is 11.2. The highest BCUT2D eigenvalue weighted by Crippen LogP contribution is 2.36. The van der Waals surface area contributed by atoms with E-state index in [4.69, 9.17) is 19.9 Å². The lowest BCUT2D eigenvalue weighted by atomic mass is 10.0. The Balaban J connectivity index is 1.34. The summed E-state index contributed by atoms with van der Waals surface area (Å²) in [6.07, 6.45) is -0.143. The Morgan fingerprint density at radius 2 is 1.94 bits per heavy atom. The molecule has 36 heavy (non-hydrogen) atoms. The van der Waals surface area contributed by atoms with Crippen molar-refractivity contribution in [2.24, 2.45) is 5.73 Å². The summed E-state index contributed by atoms with van der Waals surface area (Å²) in [5.74, 6) is -0.880. The first-order chi connectivity index (χ1) is 17.4. The predicted molar refractivity (Wildman–Crippen MR) is 131 cm³/mol. The fourth-order valence-corrected chi connectivity index (χ4v) is 4.17. The Morgan fingerprint density at radius 3 is 2.67 bits per heavy atom. The van der Waals surface area contributed by atoms with Gasteiger partial charge < -0.3 is 35.7 Å². The highest BCUT2D eigenvalue weighted by Gasteiger charge is 2.39. The van der Waals surface area contributed by atoms with E-state index in [9.17, 15) is 19.5 Å². The number of likely N-dealkylation sites (N-methyl/N-ethyl adjacent to an activating group) is 1. The zero-order valence-corrected chi connectivity index (χ0v) is 20.7. The van der Waals surface area contributed by atoms with Crippen LogP contribution in [0.25, 0.3) is 0 Å². The Hall–Kier alpha value is -2.45. The fraction of sp³-hybridized carbons (Fsp3) is 0.625. The minimum atomic E-state index is -0.939. The molecule has 0 saturated carbocycles. The number of imide groups is 1. The molecule has 0 radical (unpaired) electrons. The molecule has 1 fully saturated rings. The van der Waals surface area contributed by atoms with Gasteiger partial charge in [0.15, 0.2) is 0 Å². The molecule has 12 heteroatoms. The largest absolute Gasteiger partial charge is 0.379 e. The van der Waals surface area contributed by atoms with E-state index in [2.05, 4.69) is 16.0 Å². The Bertz CT molecular complexity index is 900. The maximum atomic E-state index is 12.3. The van der Waals surface area contributed by atoms with Gasteiger partial charge in [-0.15, -0.1) is 0 Å². The van der Waals surface area contributed by atoms with Gasteiger partial charge in [0.1, 0.15) is 6.23 Å². The Morgan fingerprint density at radius 1 is 1.19 bits per heavy atom. The summed E-state index contributed by atoms with van der Waals surface area (Å²) in [6.45, 7) is 3.40. The number of ether oxygens (including phenoxy) is 3. The number of fused-ring (bicyclic) bond motifs is 1. The summed E-state index contributed by atoms with van der Waals surface area (Å²) in [5.41, 5.74) is 7.52. The first kappa shape index (κ1) is 28.1. The number of aliphatic hydroxyl groups excluding tert-OH is 1. The number of anilines is 1. The van der Waals surface area contributed by atoms with Crippen LogP contribution in [0.5, 0.6) is 0 Å². The fourth-order valence-electron chi connectivity index (χ4n) is 4.17. The summed E-state index contributed by atoms with van der Waals surface area (Å²) in [7, 11) is 1.84. The normalized spacial score (nSPS) is 20.8. The van der Waals surface area contributed by atoms with E-state index in [1.165, 1.54) is 0 Å². The van der Waals surface area contributed by atoms with E-state index in [0.29, 0.717) is 63.8 Å². The van der Waals surface area contributed by atoms with Crippen molar-refractivity contribution < 1.29 is 33.7 Å². The van der Waals surface area contributed by atoms with E-state index < -0.39 is 18.2 Å². The molecule has 1 aromatic rings. The quantitative estimate of drug-likeness (QED) is 0.150. The summed E-state index contributed by atoms with van der Waals surface area (Å²) < 4.78 is 16.4. The molecular formula is C24H37N5O7. The summed E-state index contributed by atoms with van der Waals surface area (Å²) in [6, 6.07) is 4.77. The van der Waals surface area contributed by atoms with Crippen LogP contribution >= 0.6 is 0 Å². The lowest BCUT2D eigenvalue weighted by Crippen LogP contribution is -2.51. The number of amides is 3.